The molecule has 1 aliphatic rings. The Morgan fingerprint density at radius 2 is 1.80 bits per heavy atom. The molecule has 0 saturated carbocycles. The van der Waals surface area contributed by atoms with Gasteiger partial charge in [-0.15, -0.1) is 0 Å². The van der Waals surface area contributed by atoms with Gasteiger partial charge in [0.1, 0.15) is 0 Å². The lowest BCUT2D eigenvalue weighted by atomic mass is 9.96. The van der Waals surface area contributed by atoms with Gasteiger partial charge in [-0.3, -0.25) is 4.90 Å². The van der Waals surface area contributed by atoms with E-state index in [2.05, 4.69) is 59.2 Å². The van der Waals surface area contributed by atoms with Crippen molar-refractivity contribution in [2.45, 2.75) is 13.5 Å². The lowest BCUT2D eigenvalue weighted by Crippen LogP contribution is -2.35. The average molecular weight is 342 g/mol. The number of hydrogen-bond donors (Lipinski definition) is 2. The molecule has 1 aliphatic heterocycles. The Bertz CT molecular complexity index is 670. The molecule has 1 heterocycles. The van der Waals surface area contributed by atoms with Crippen LogP contribution in [0.2, 0.25) is 0 Å². The molecular formula is C21H30N2O2. The van der Waals surface area contributed by atoms with E-state index in [9.17, 15) is 10.2 Å². The largest absolute Gasteiger partial charge is 0.396 e. The van der Waals surface area contributed by atoms with Gasteiger partial charge >= 0.3 is 0 Å². The van der Waals surface area contributed by atoms with Crippen LogP contribution in [0.25, 0.3) is 10.8 Å². The Hall–Kier alpha value is -1.46. The summed E-state index contributed by atoms with van der Waals surface area (Å²) in [6.07, 6.45) is 0. The summed E-state index contributed by atoms with van der Waals surface area (Å²) in [7, 11) is 0. The number of fused-ring (bicyclic) bond motifs is 1. The highest BCUT2D eigenvalue weighted by atomic mass is 16.3. The topological polar surface area (TPSA) is 46.9 Å². The molecule has 136 valence electrons. The summed E-state index contributed by atoms with van der Waals surface area (Å²) in [6, 6.07) is 15.1. The summed E-state index contributed by atoms with van der Waals surface area (Å²) in [5.74, 6) is 0.786. The normalized spacial score (nSPS) is 21.4. The summed E-state index contributed by atoms with van der Waals surface area (Å²) in [5.41, 5.74) is 1.36. The molecule has 0 unspecified atom stereocenters. The van der Waals surface area contributed by atoms with Crippen molar-refractivity contribution < 1.29 is 10.2 Å². The second-order valence-electron chi connectivity index (χ2n) is 7.15. The third kappa shape index (κ3) is 4.39. The van der Waals surface area contributed by atoms with Crippen molar-refractivity contribution in [1.82, 2.24) is 9.80 Å². The van der Waals surface area contributed by atoms with Gasteiger partial charge < -0.3 is 15.1 Å². The highest BCUT2D eigenvalue weighted by Gasteiger charge is 2.33. The maximum Gasteiger partial charge on any atom is 0.0558 e. The second kappa shape index (κ2) is 8.77. The number of likely N-dealkylation sites (tertiary alicyclic amines) is 1. The lowest BCUT2D eigenvalue weighted by Gasteiger charge is -2.25. The number of aliphatic hydroxyl groups excluding tert-OH is 2. The van der Waals surface area contributed by atoms with Crippen LogP contribution in [0.4, 0.5) is 0 Å². The predicted molar refractivity (Wildman–Crippen MR) is 102 cm³/mol. The van der Waals surface area contributed by atoms with Gasteiger partial charge in [-0.2, -0.15) is 0 Å². The average Bonchev–Trinajstić information content (AvgIpc) is 3.03. The molecule has 4 nitrogen and oxygen atoms in total. The van der Waals surface area contributed by atoms with E-state index in [0.717, 1.165) is 32.7 Å². The van der Waals surface area contributed by atoms with Crippen molar-refractivity contribution in [2.75, 3.05) is 45.9 Å². The Labute approximate surface area is 150 Å². The fourth-order valence-electron chi connectivity index (χ4n) is 4.10. The Kier molecular flexibility index (Phi) is 6.43. The minimum Gasteiger partial charge on any atom is -0.396 e. The van der Waals surface area contributed by atoms with E-state index in [1.165, 1.54) is 16.3 Å². The van der Waals surface area contributed by atoms with Crippen molar-refractivity contribution in [3.8, 4) is 0 Å². The predicted octanol–water partition coefficient (Wildman–Crippen LogP) is 2.19. The Morgan fingerprint density at radius 1 is 1.04 bits per heavy atom. The highest BCUT2D eigenvalue weighted by molar-refractivity contribution is 5.85. The zero-order valence-corrected chi connectivity index (χ0v) is 15.1. The minimum atomic E-state index is 0.198. The molecule has 0 aromatic heterocycles. The van der Waals surface area contributed by atoms with E-state index in [0.29, 0.717) is 18.4 Å². The number of rotatable bonds is 8. The van der Waals surface area contributed by atoms with Gasteiger partial charge in [-0.1, -0.05) is 49.4 Å². The van der Waals surface area contributed by atoms with Crippen LogP contribution in [0.5, 0.6) is 0 Å². The third-order valence-electron chi connectivity index (χ3n) is 5.52. The van der Waals surface area contributed by atoms with Crippen LogP contribution in [-0.2, 0) is 6.54 Å². The first kappa shape index (κ1) is 18.3. The molecule has 2 N–H and O–H groups in total. The highest BCUT2D eigenvalue weighted by Crippen LogP contribution is 2.27. The van der Waals surface area contributed by atoms with Crippen molar-refractivity contribution in [3.63, 3.8) is 0 Å². The van der Waals surface area contributed by atoms with Crippen LogP contribution in [0.3, 0.4) is 0 Å². The number of nitrogens with zero attached hydrogens (tertiary/aromatic N) is 2. The fourth-order valence-corrected chi connectivity index (χ4v) is 4.10. The molecule has 0 aliphatic carbocycles. The molecule has 1 fully saturated rings. The number of likely N-dealkylation sites (N-methyl/N-ethyl adjacent to an activating group) is 1. The standard InChI is InChI=1S/C21H30N2O2/c1-2-22(10-11-24)13-19-14-23(15-20(19)16-25)12-18-8-5-7-17-6-3-4-9-21(17)18/h3-9,19-20,24-25H,2,10-16H2,1H3/t19-,20-/m1/s1. The summed E-state index contributed by atoms with van der Waals surface area (Å²) in [6.45, 7) is 8.07. The SMILES string of the molecule is CCN(CCO)C[C@@H]1CN(Cc2cccc3ccccc23)C[C@@H]1CO. The number of aliphatic hydroxyl groups is 2. The van der Waals surface area contributed by atoms with Crippen LogP contribution >= 0.6 is 0 Å². The molecule has 0 radical (unpaired) electrons. The second-order valence-corrected chi connectivity index (χ2v) is 7.15. The van der Waals surface area contributed by atoms with Gasteiger partial charge in [0.25, 0.3) is 0 Å². The summed E-state index contributed by atoms with van der Waals surface area (Å²) in [5, 5.41) is 21.6. The van der Waals surface area contributed by atoms with Crippen LogP contribution in [-0.4, -0.2) is 66.0 Å². The number of hydrogen-bond acceptors (Lipinski definition) is 4. The lowest BCUT2D eigenvalue weighted by molar-refractivity contribution is 0.147. The first-order valence-electron chi connectivity index (χ1n) is 9.38. The summed E-state index contributed by atoms with van der Waals surface area (Å²) in [4.78, 5) is 4.76. The minimum absolute atomic E-state index is 0.198. The molecule has 2 atom stereocenters. The fraction of sp³-hybridized carbons (Fsp3) is 0.524. The van der Waals surface area contributed by atoms with E-state index in [1.807, 2.05) is 0 Å². The van der Waals surface area contributed by atoms with Crippen molar-refractivity contribution in [2.24, 2.45) is 11.8 Å². The maximum absolute atomic E-state index is 9.81. The first-order valence-corrected chi connectivity index (χ1v) is 9.38. The van der Waals surface area contributed by atoms with Gasteiger partial charge in [0, 0.05) is 39.3 Å². The number of benzene rings is 2. The maximum atomic E-state index is 9.81. The van der Waals surface area contributed by atoms with Crippen molar-refractivity contribution in [1.29, 1.82) is 0 Å². The molecular weight excluding hydrogens is 312 g/mol. The molecule has 0 spiro atoms. The quantitative estimate of drug-likeness (QED) is 0.772. The van der Waals surface area contributed by atoms with Crippen molar-refractivity contribution in [3.05, 3.63) is 48.0 Å². The first-order chi connectivity index (χ1) is 12.2. The van der Waals surface area contributed by atoms with E-state index in [1.54, 1.807) is 0 Å². The van der Waals surface area contributed by atoms with E-state index in [-0.39, 0.29) is 13.2 Å². The Morgan fingerprint density at radius 3 is 2.56 bits per heavy atom. The van der Waals surface area contributed by atoms with E-state index in [4.69, 9.17) is 0 Å². The monoisotopic (exact) mass is 342 g/mol. The van der Waals surface area contributed by atoms with Gasteiger partial charge in [0.05, 0.1) is 6.61 Å². The van der Waals surface area contributed by atoms with Crippen LogP contribution in [0.15, 0.2) is 42.5 Å². The summed E-state index contributed by atoms with van der Waals surface area (Å²) < 4.78 is 0. The van der Waals surface area contributed by atoms with Gasteiger partial charge in [0.2, 0.25) is 0 Å². The van der Waals surface area contributed by atoms with Crippen molar-refractivity contribution >= 4 is 10.8 Å². The van der Waals surface area contributed by atoms with Gasteiger partial charge in [-0.25, -0.2) is 0 Å². The molecule has 4 heteroatoms. The Balaban J connectivity index is 1.69. The zero-order valence-electron chi connectivity index (χ0n) is 15.1. The molecule has 3 rings (SSSR count). The molecule has 1 saturated heterocycles. The third-order valence-corrected chi connectivity index (χ3v) is 5.52. The molecule has 25 heavy (non-hydrogen) atoms. The van der Waals surface area contributed by atoms with E-state index >= 15 is 0 Å². The van der Waals surface area contributed by atoms with Crippen LogP contribution in [0.1, 0.15) is 12.5 Å². The smallest absolute Gasteiger partial charge is 0.0558 e. The molecule has 0 amide bonds. The van der Waals surface area contributed by atoms with Crippen LogP contribution in [0, 0.1) is 11.8 Å². The molecule has 2 aromatic carbocycles. The van der Waals surface area contributed by atoms with Crippen LogP contribution < -0.4 is 0 Å². The molecule has 0 bridgehead atoms. The molecule has 2 aromatic rings. The van der Waals surface area contributed by atoms with E-state index < -0.39 is 0 Å². The van der Waals surface area contributed by atoms with Gasteiger partial charge in [0.15, 0.2) is 0 Å². The summed E-state index contributed by atoms with van der Waals surface area (Å²) >= 11 is 0. The van der Waals surface area contributed by atoms with Gasteiger partial charge in [-0.05, 0) is 34.7 Å². The zero-order chi connectivity index (χ0) is 17.6.